The largest absolute Gasteiger partial charge is 0.339 e. The van der Waals surface area contributed by atoms with Crippen molar-refractivity contribution in [3.8, 4) is 0 Å². The van der Waals surface area contributed by atoms with Gasteiger partial charge in [-0.3, -0.25) is 19.6 Å². The molecular formula is C25H31BrN4O. The molecule has 0 N–H and O–H groups in total. The van der Waals surface area contributed by atoms with E-state index in [4.69, 9.17) is 0 Å². The molecule has 31 heavy (non-hydrogen) atoms. The van der Waals surface area contributed by atoms with Gasteiger partial charge >= 0.3 is 0 Å². The van der Waals surface area contributed by atoms with Crippen molar-refractivity contribution in [3.05, 3.63) is 77.0 Å². The third-order valence-corrected chi connectivity index (χ3v) is 7.31. The smallest absolute Gasteiger partial charge is 0.225 e. The van der Waals surface area contributed by atoms with Crippen LogP contribution in [0.15, 0.2) is 65.9 Å². The quantitative estimate of drug-likeness (QED) is 0.584. The Labute approximate surface area is 193 Å². The molecule has 0 radical (unpaired) electrons. The molecule has 1 amide bonds. The molecule has 1 aromatic carbocycles. The number of piperazine rings is 1. The van der Waals surface area contributed by atoms with E-state index in [2.05, 4.69) is 72.5 Å². The molecule has 2 aliphatic heterocycles. The van der Waals surface area contributed by atoms with Crippen molar-refractivity contribution in [2.75, 3.05) is 32.7 Å². The molecule has 0 bridgehead atoms. The molecular weight excluding hydrogens is 452 g/mol. The number of amides is 1. The summed E-state index contributed by atoms with van der Waals surface area (Å²) < 4.78 is 1.13. The molecule has 0 unspecified atom stereocenters. The SMILES string of the molecule is C=C[C@@H]1CN(C(=O)C2CCN(Cc3ccncc3)CC2)CCN1Cc1ccccc1Br. The summed E-state index contributed by atoms with van der Waals surface area (Å²) in [4.78, 5) is 24.3. The Morgan fingerprint density at radius 1 is 1.06 bits per heavy atom. The predicted molar refractivity (Wildman–Crippen MR) is 127 cm³/mol. The van der Waals surface area contributed by atoms with Crippen molar-refractivity contribution < 1.29 is 4.79 Å². The second kappa shape index (κ2) is 10.5. The summed E-state index contributed by atoms with van der Waals surface area (Å²) in [6.45, 7) is 10.2. The summed E-state index contributed by atoms with van der Waals surface area (Å²) in [6, 6.07) is 12.7. The van der Waals surface area contributed by atoms with E-state index in [1.54, 1.807) is 0 Å². The van der Waals surface area contributed by atoms with Crippen LogP contribution in [0.5, 0.6) is 0 Å². The molecule has 2 saturated heterocycles. The number of nitrogens with zero attached hydrogens (tertiary/aromatic N) is 4. The first-order valence-electron chi connectivity index (χ1n) is 11.1. The van der Waals surface area contributed by atoms with E-state index in [0.29, 0.717) is 5.91 Å². The molecule has 0 saturated carbocycles. The zero-order chi connectivity index (χ0) is 21.6. The minimum atomic E-state index is 0.147. The lowest BCUT2D eigenvalue weighted by atomic mass is 9.94. The Hall–Kier alpha value is -2.02. The van der Waals surface area contributed by atoms with Crippen LogP contribution in [0.25, 0.3) is 0 Å². The molecule has 164 valence electrons. The van der Waals surface area contributed by atoms with Crippen LogP contribution in [0, 0.1) is 5.92 Å². The van der Waals surface area contributed by atoms with Crippen molar-refractivity contribution in [1.29, 1.82) is 0 Å². The monoisotopic (exact) mass is 482 g/mol. The van der Waals surface area contributed by atoms with Gasteiger partial charge < -0.3 is 4.90 Å². The lowest BCUT2D eigenvalue weighted by Gasteiger charge is -2.42. The van der Waals surface area contributed by atoms with Crippen LogP contribution in [-0.2, 0) is 17.9 Å². The van der Waals surface area contributed by atoms with Crippen LogP contribution in [-0.4, -0.2) is 64.4 Å². The highest BCUT2D eigenvalue weighted by Gasteiger charge is 2.33. The van der Waals surface area contributed by atoms with Crippen LogP contribution in [0.1, 0.15) is 24.0 Å². The first kappa shape index (κ1) is 22.2. The van der Waals surface area contributed by atoms with E-state index >= 15 is 0 Å². The molecule has 1 atom stereocenters. The Morgan fingerprint density at radius 2 is 1.81 bits per heavy atom. The fraction of sp³-hybridized carbons (Fsp3) is 0.440. The van der Waals surface area contributed by atoms with Gasteiger partial charge in [-0.05, 0) is 55.3 Å². The second-order valence-electron chi connectivity index (χ2n) is 8.56. The molecule has 0 spiro atoms. The highest BCUT2D eigenvalue weighted by Crippen LogP contribution is 2.25. The van der Waals surface area contributed by atoms with E-state index in [9.17, 15) is 4.79 Å². The Balaban J connectivity index is 1.29. The van der Waals surface area contributed by atoms with Crippen molar-refractivity contribution in [3.63, 3.8) is 0 Å². The summed E-state index contributed by atoms with van der Waals surface area (Å²) >= 11 is 3.65. The van der Waals surface area contributed by atoms with Gasteiger partial charge in [0, 0.05) is 61.5 Å². The van der Waals surface area contributed by atoms with Gasteiger partial charge in [0.1, 0.15) is 0 Å². The number of aromatic nitrogens is 1. The number of carbonyl (C=O) groups excluding carboxylic acids is 1. The maximum Gasteiger partial charge on any atom is 0.225 e. The molecule has 2 aromatic rings. The molecule has 0 aliphatic carbocycles. The Morgan fingerprint density at radius 3 is 2.52 bits per heavy atom. The molecule has 6 heteroatoms. The van der Waals surface area contributed by atoms with Gasteiger partial charge in [-0.25, -0.2) is 0 Å². The van der Waals surface area contributed by atoms with E-state index < -0.39 is 0 Å². The standard InChI is InChI=1S/C25H31BrN4O/c1-2-23-19-30(16-15-29(23)18-22-5-3-4-6-24(22)26)25(31)21-9-13-28(14-10-21)17-20-7-11-27-12-8-20/h2-8,11-12,21,23H,1,9-10,13-19H2/t23-/m1/s1. The van der Waals surface area contributed by atoms with Crippen LogP contribution in [0.2, 0.25) is 0 Å². The number of halogens is 1. The van der Waals surface area contributed by atoms with Gasteiger partial charge in [0.2, 0.25) is 5.91 Å². The number of pyridine rings is 1. The first-order chi connectivity index (χ1) is 15.1. The van der Waals surface area contributed by atoms with Gasteiger partial charge in [-0.15, -0.1) is 6.58 Å². The van der Waals surface area contributed by atoms with Crippen LogP contribution < -0.4 is 0 Å². The van der Waals surface area contributed by atoms with Crippen LogP contribution >= 0.6 is 15.9 Å². The summed E-state index contributed by atoms with van der Waals surface area (Å²) in [5.41, 5.74) is 2.56. The third kappa shape index (κ3) is 5.62. The normalized spacial score (nSPS) is 21.2. The van der Waals surface area contributed by atoms with Gasteiger partial charge in [-0.2, -0.15) is 0 Å². The van der Waals surface area contributed by atoms with E-state index in [-0.39, 0.29) is 12.0 Å². The fourth-order valence-corrected chi connectivity index (χ4v) is 5.07. The van der Waals surface area contributed by atoms with Crippen molar-refractivity contribution in [2.24, 2.45) is 5.92 Å². The van der Waals surface area contributed by atoms with Crippen molar-refractivity contribution in [1.82, 2.24) is 19.7 Å². The highest BCUT2D eigenvalue weighted by molar-refractivity contribution is 9.10. The Kier molecular flexibility index (Phi) is 7.54. The molecule has 1 aromatic heterocycles. The maximum absolute atomic E-state index is 13.2. The van der Waals surface area contributed by atoms with Crippen LogP contribution in [0.3, 0.4) is 0 Å². The van der Waals surface area contributed by atoms with Crippen molar-refractivity contribution >= 4 is 21.8 Å². The molecule has 2 aliphatic rings. The van der Waals surface area contributed by atoms with Gasteiger partial charge in [0.25, 0.3) is 0 Å². The molecule has 2 fully saturated rings. The van der Waals surface area contributed by atoms with Gasteiger partial charge in [-0.1, -0.05) is 40.2 Å². The Bertz CT molecular complexity index is 882. The lowest BCUT2D eigenvalue weighted by Crippen LogP contribution is -2.55. The lowest BCUT2D eigenvalue weighted by molar-refractivity contribution is -0.139. The fourth-order valence-electron chi connectivity index (χ4n) is 4.66. The van der Waals surface area contributed by atoms with E-state index in [0.717, 1.165) is 63.1 Å². The topological polar surface area (TPSA) is 39.7 Å². The van der Waals surface area contributed by atoms with Crippen LogP contribution in [0.4, 0.5) is 0 Å². The first-order valence-corrected chi connectivity index (χ1v) is 11.9. The summed E-state index contributed by atoms with van der Waals surface area (Å²) in [6.07, 6.45) is 7.57. The highest BCUT2D eigenvalue weighted by atomic mass is 79.9. The summed E-state index contributed by atoms with van der Waals surface area (Å²) in [5.74, 6) is 0.477. The zero-order valence-electron chi connectivity index (χ0n) is 18.0. The summed E-state index contributed by atoms with van der Waals surface area (Å²) in [7, 11) is 0. The van der Waals surface area contributed by atoms with E-state index in [1.165, 1.54) is 11.1 Å². The minimum absolute atomic E-state index is 0.147. The average Bonchev–Trinajstić information content (AvgIpc) is 2.81. The number of rotatable bonds is 6. The molecule has 4 rings (SSSR count). The molecule has 5 nitrogen and oxygen atoms in total. The molecule has 3 heterocycles. The number of hydrogen-bond donors (Lipinski definition) is 0. The maximum atomic E-state index is 13.2. The number of carbonyl (C=O) groups is 1. The number of piperidine rings is 1. The van der Waals surface area contributed by atoms with E-state index in [1.807, 2.05) is 24.5 Å². The second-order valence-corrected chi connectivity index (χ2v) is 9.41. The third-order valence-electron chi connectivity index (χ3n) is 6.54. The number of benzene rings is 1. The van der Waals surface area contributed by atoms with Gasteiger partial charge in [0.05, 0.1) is 0 Å². The van der Waals surface area contributed by atoms with Gasteiger partial charge in [0.15, 0.2) is 0 Å². The van der Waals surface area contributed by atoms with Crippen molar-refractivity contribution in [2.45, 2.75) is 32.0 Å². The predicted octanol–water partition coefficient (Wildman–Crippen LogP) is 3.96. The number of likely N-dealkylation sites (tertiary alicyclic amines) is 1. The number of hydrogen-bond acceptors (Lipinski definition) is 4. The average molecular weight is 483 g/mol. The summed E-state index contributed by atoms with van der Waals surface area (Å²) in [5, 5.41) is 0. The minimum Gasteiger partial charge on any atom is -0.339 e. The zero-order valence-corrected chi connectivity index (χ0v) is 19.6.